The van der Waals surface area contributed by atoms with Crippen LogP contribution in [0.25, 0.3) is 0 Å². The molecule has 2 atom stereocenters. The number of rotatable bonds is 6. The Morgan fingerprint density at radius 2 is 1.95 bits per heavy atom. The topological polar surface area (TPSA) is 109 Å². The number of carbonyl (C=O) groups is 1. The molecule has 1 aromatic heterocycles. The summed E-state index contributed by atoms with van der Waals surface area (Å²) in [6, 6.07) is 9.58. The highest BCUT2D eigenvalue weighted by Crippen LogP contribution is 2.43. The summed E-state index contributed by atoms with van der Waals surface area (Å²) >= 11 is 0. The van der Waals surface area contributed by atoms with Gasteiger partial charge in [-0.05, 0) is 66.6 Å². The Kier molecular flexibility index (Phi) is 9.07. The maximum absolute atomic E-state index is 14.2. The molecular formula is C28H34F3N5O4S. The highest BCUT2D eigenvalue weighted by atomic mass is 32.2. The van der Waals surface area contributed by atoms with E-state index in [0.717, 1.165) is 47.7 Å². The zero-order chi connectivity index (χ0) is 29.9. The molecule has 2 aliphatic heterocycles. The van der Waals surface area contributed by atoms with Gasteiger partial charge >= 0.3 is 6.18 Å². The Bertz CT molecular complexity index is 1490. The lowest BCUT2D eigenvalue weighted by Crippen LogP contribution is -2.33. The van der Waals surface area contributed by atoms with Crippen LogP contribution in [-0.2, 0) is 47.6 Å². The first kappa shape index (κ1) is 30.5. The van der Waals surface area contributed by atoms with Crippen molar-refractivity contribution in [3.8, 4) is 0 Å². The van der Waals surface area contributed by atoms with Gasteiger partial charge in [-0.25, -0.2) is 8.42 Å². The van der Waals surface area contributed by atoms with Gasteiger partial charge < -0.3 is 9.67 Å². The van der Waals surface area contributed by atoms with Gasteiger partial charge in [-0.15, -0.1) is 10.2 Å². The molecular weight excluding hydrogens is 559 g/mol. The SMILES string of the molecule is CC(Cc1nncn1C)c1cccc(N2Cc3c(C(F)(F)F)cc(CN4CCC[C@H](C)C4)cc3S2(=O)=O)c1.O=CO. The van der Waals surface area contributed by atoms with Crippen LogP contribution in [0.4, 0.5) is 18.9 Å². The number of benzene rings is 2. The van der Waals surface area contributed by atoms with Gasteiger partial charge in [0.1, 0.15) is 12.2 Å². The summed E-state index contributed by atoms with van der Waals surface area (Å²) in [6.07, 6.45) is -0.383. The van der Waals surface area contributed by atoms with Gasteiger partial charge in [-0.3, -0.25) is 14.0 Å². The molecule has 0 saturated carbocycles. The number of hydrogen-bond acceptors (Lipinski definition) is 6. The van der Waals surface area contributed by atoms with E-state index in [1.165, 1.54) is 6.07 Å². The van der Waals surface area contributed by atoms with E-state index >= 15 is 0 Å². The quantitative estimate of drug-likeness (QED) is 0.408. The zero-order valence-corrected chi connectivity index (χ0v) is 24.0. The van der Waals surface area contributed by atoms with Crippen molar-refractivity contribution in [2.24, 2.45) is 13.0 Å². The van der Waals surface area contributed by atoms with Gasteiger partial charge in [0.05, 0.1) is 22.7 Å². The van der Waals surface area contributed by atoms with Crippen molar-refractivity contribution < 1.29 is 31.5 Å². The standard InChI is InChI=1S/C27H32F3N5O2S.CH2O2/c1-18-6-5-9-34(14-18)15-20-11-24(27(28,29)30)23-16-35(38(36,37)25(23)12-20)22-8-4-7-21(13-22)19(2)10-26-32-31-17-33(26)3;2-1-3/h4,7-8,11-13,17-19H,5-6,9-10,14-16H2,1-3H3;1H,(H,2,3)/t18-,19?;/m0./s1. The molecule has 2 aliphatic rings. The van der Waals surface area contributed by atoms with Gasteiger partial charge in [0.2, 0.25) is 0 Å². The molecule has 0 amide bonds. The van der Waals surface area contributed by atoms with Gasteiger partial charge in [0.25, 0.3) is 16.5 Å². The molecule has 9 nitrogen and oxygen atoms in total. The van der Waals surface area contributed by atoms with Gasteiger partial charge in [0, 0.05) is 32.1 Å². The Morgan fingerprint density at radius 1 is 1.22 bits per heavy atom. The lowest BCUT2D eigenvalue weighted by Gasteiger charge is -2.31. The second-order valence-corrected chi connectivity index (χ2v) is 12.6. The summed E-state index contributed by atoms with van der Waals surface area (Å²) in [7, 11) is -2.32. The van der Waals surface area contributed by atoms with Crippen LogP contribution < -0.4 is 4.31 Å². The van der Waals surface area contributed by atoms with Crippen LogP contribution in [0.5, 0.6) is 0 Å². The van der Waals surface area contributed by atoms with Crippen LogP contribution in [0.1, 0.15) is 60.7 Å². The third-order valence-electron chi connectivity index (χ3n) is 7.61. The largest absolute Gasteiger partial charge is 0.483 e. The van der Waals surface area contributed by atoms with Crippen molar-refractivity contribution in [3.63, 3.8) is 0 Å². The molecule has 13 heteroatoms. The predicted octanol–water partition coefficient (Wildman–Crippen LogP) is 4.82. The molecule has 0 spiro atoms. The van der Waals surface area contributed by atoms with Crippen molar-refractivity contribution in [1.82, 2.24) is 19.7 Å². The minimum atomic E-state index is -4.66. The Hall–Kier alpha value is -3.45. The Morgan fingerprint density at radius 3 is 2.59 bits per heavy atom. The molecule has 1 fully saturated rings. The number of carboxylic acid groups (broad SMARTS) is 1. The number of anilines is 1. The van der Waals surface area contributed by atoms with Crippen LogP contribution >= 0.6 is 0 Å². The summed E-state index contributed by atoms with van der Waals surface area (Å²) < 4.78 is 72.8. The van der Waals surface area contributed by atoms with E-state index in [1.54, 1.807) is 24.5 Å². The van der Waals surface area contributed by atoms with Gasteiger partial charge in [-0.1, -0.05) is 26.0 Å². The van der Waals surface area contributed by atoms with E-state index in [4.69, 9.17) is 9.90 Å². The molecule has 3 heterocycles. The van der Waals surface area contributed by atoms with Crippen LogP contribution in [0.3, 0.4) is 0 Å². The average molecular weight is 594 g/mol. The number of sulfonamides is 1. The summed E-state index contributed by atoms with van der Waals surface area (Å²) in [6.45, 7) is 5.40. The molecule has 41 heavy (non-hydrogen) atoms. The first-order valence-corrected chi connectivity index (χ1v) is 14.8. The van der Waals surface area contributed by atoms with Crippen molar-refractivity contribution in [2.75, 3.05) is 17.4 Å². The van der Waals surface area contributed by atoms with Gasteiger partial charge in [-0.2, -0.15) is 13.2 Å². The highest BCUT2D eigenvalue weighted by molar-refractivity contribution is 7.93. The molecule has 0 aliphatic carbocycles. The number of likely N-dealkylation sites (tertiary alicyclic amines) is 1. The summed E-state index contributed by atoms with van der Waals surface area (Å²) in [5, 5.41) is 14.9. The molecule has 2 aromatic carbocycles. The van der Waals surface area contributed by atoms with Crippen LogP contribution in [0.2, 0.25) is 0 Å². The fourth-order valence-corrected chi connectivity index (χ4v) is 7.29. The molecule has 0 radical (unpaired) electrons. The zero-order valence-electron chi connectivity index (χ0n) is 23.2. The highest BCUT2D eigenvalue weighted by Gasteiger charge is 2.43. The van der Waals surface area contributed by atoms with E-state index in [2.05, 4.69) is 22.0 Å². The number of alkyl halides is 3. The number of nitrogens with zero attached hydrogens (tertiary/aromatic N) is 5. The minimum absolute atomic E-state index is 0.00481. The average Bonchev–Trinajstić information content (AvgIpc) is 3.42. The first-order chi connectivity index (χ1) is 19.3. The van der Waals surface area contributed by atoms with E-state index in [-0.39, 0.29) is 29.4 Å². The summed E-state index contributed by atoms with van der Waals surface area (Å²) in [5.74, 6) is 1.24. The lowest BCUT2D eigenvalue weighted by atomic mass is 9.96. The third-order valence-corrected chi connectivity index (χ3v) is 9.45. The summed E-state index contributed by atoms with van der Waals surface area (Å²) in [4.78, 5) is 10.2. The minimum Gasteiger partial charge on any atom is -0.483 e. The smallest absolute Gasteiger partial charge is 0.416 e. The molecule has 3 aromatic rings. The Labute approximate surface area is 237 Å². The number of hydrogen-bond donors (Lipinski definition) is 1. The van der Waals surface area contributed by atoms with Crippen molar-refractivity contribution >= 4 is 22.2 Å². The van der Waals surface area contributed by atoms with Crippen LogP contribution in [0, 0.1) is 5.92 Å². The fraction of sp³-hybridized carbons (Fsp3) is 0.464. The first-order valence-electron chi connectivity index (χ1n) is 13.3. The fourth-order valence-electron chi connectivity index (χ4n) is 5.58. The molecule has 1 saturated heterocycles. The number of aryl methyl sites for hydroxylation is 1. The molecule has 0 bridgehead atoms. The van der Waals surface area contributed by atoms with Crippen LogP contribution in [-0.4, -0.2) is 52.8 Å². The predicted molar refractivity (Wildman–Crippen MR) is 147 cm³/mol. The van der Waals surface area contributed by atoms with Crippen molar-refractivity contribution in [3.05, 3.63) is 70.8 Å². The molecule has 1 unspecified atom stereocenters. The number of aromatic nitrogens is 3. The number of halogens is 3. The maximum Gasteiger partial charge on any atom is 0.416 e. The molecule has 5 rings (SSSR count). The van der Waals surface area contributed by atoms with E-state index in [9.17, 15) is 21.6 Å². The second-order valence-electron chi connectivity index (χ2n) is 10.8. The maximum atomic E-state index is 14.2. The van der Waals surface area contributed by atoms with Crippen LogP contribution in [0.15, 0.2) is 47.6 Å². The molecule has 1 N–H and O–H groups in total. The Balaban J connectivity index is 0.00000124. The third kappa shape index (κ3) is 6.72. The van der Waals surface area contributed by atoms with E-state index in [0.29, 0.717) is 30.1 Å². The van der Waals surface area contributed by atoms with E-state index < -0.39 is 21.8 Å². The van der Waals surface area contributed by atoms with Crippen molar-refractivity contribution in [2.45, 2.75) is 63.2 Å². The number of fused-ring (bicyclic) bond motifs is 1. The number of piperidine rings is 1. The van der Waals surface area contributed by atoms with Crippen molar-refractivity contribution in [1.29, 1.82) is 0 Å². The summed E-state index contributed by atoms with van der Waals surface area (Å²) in [5.41, 5.74) is 0.538. The second kappa shape index (κ2) is 12.2. The van der Waals surface area contributed by atoms with E-state index in [1.807, 2.05) is 24.6 Å². The normalized spacial score (nSPS) is 19.3. The lowest BCUT2D eigenvalue weighted by molar-refractivity contribution is -0.138. The molecule has 222 valence electrons. The van der Waals surface area contributed by atoms with Gasteiger partial charge in [0.15, 0.2) is 0 Å². The monoisotopic (exact) mass is 593 g/mol.